The van der Waals surface area contributed by atoms with Crippen molar-refractivity contribution in [1.82, 2.24) is 5.32 Å². The van der Waals surface area contributed by atoms with Crippen LogP contribution in [-0.2, 0) is 4.74 Å². The lowest BCUT2D eigenvalue weighted by Crippen LogP contribution is -2.25. The van der Waals surface area contributed by atoms with Crippen molar-refractivity contribution in [3.8, 4) is 5.75 Å². The summed E-state index contributed by atoms with van der Waals surface area (Å²) in [4.78, 5) is 11.7. The van der Waals surface area contributed by atoms with E-state index in [9.17, 15) is 9.90 Å². The van der Waals surface area contributed by atoms with Crippen LogP contribution in [0.4, 0.5) is 0 Å². The molecule has 0 bridgehead atoms. The fourth-order valence-electron chi connectivity index (χ4n) is 1.46. The molecule has 0 fully saturated rings. The second-order valence-corrected chi connectivity index (χ2v) is 3.78. The molecule has 4 heteroatoms. The number of amides is 1. The fraction of sp³-hybridized carbons (Fsp3) is 0.462. The summed E-state index contributed by atoms with van der Waals surface area (Å²) in [5.74, 6) is -0.197. The Hall–Kier alpha value is -1.55. The molecule has 0 aliphatic heterocycles. The number of carbonyl (C=O) groups excluding carboxylic acids is 1. The molecule has 0 radical (unpaired) electrons. The van der Waals surface area contributed by atoms with Crippen molar-refractivity contribution in [2.45, 2.75) is 20.3 Å². The fourth-order valence-corrected chi connectivity index (χ4v) is 1.46. The minimum atomic E-state index is -0.248. The molecular weight excluding hydrogens is 218 g/mol. The van der Waals surface area contributed by atoms with E-state index in [1.54, 1.807) is 25.1 Å². The second-order valence-electron chi connectivity index (χ2n) is 3.78. The highest BCUT2D eigenvalue weighted by molar-refractivity contribution is 5.97. The van der Waals surface area contributed by atoms with Gasteiger partial charge in [-0.1, -0.05) is 12.1 Å². The maximum absolute atomic E-state index is 11.7. The zero-order valence-electron chi connectivity index (χ0n) is 10.3. The smallest absolute Gasteiger partial charge is 0.255 e. The van der Waals surface area contributed by atoms with Crippen molar-refractivity contribution in [2.24, 2.45) is 0 Å². The Morgan fingerprint density at radius 1 is 1.47 bits per heavy atom. The first-order valence-electron chi connectivity index (χ1n) is 5.81. The molecule has 1 amide bonds. The number of ether oxygens (including phenoxy) is 1. The van der Waals surface area contributed by atoms with E-state index >= 15 is 0 Å². The summed E-state index contributed by atoms with van der Waals surface area (Å²) in [6.45, 7) is 5.57. The van der Waals surface area contributed by atoms with Crippen molar-refractivity contribution in [3.05, 3.63) is 29.3 Å². The summed E-state index contributed by atoms with van der Waals surface area (Å²) < 4.78 is 5.16. The molecule has 0 spiro atoms. The van der Waals surface area contributed by atoms with Crippen LogP contribution in [0.15, 0.2) is 18.2 Å². The molecule has 0 unspecified atom stereocenters. The first kappa shape index (κ1) is 13.5. The van der Waals surface area contributed by atoms with Crippen LogP contribution >= 0.6 is 0 Å². The van der Waals surface area contributed by atoms with E-state index < -0.39 is 0 Å². The van der Waals surface area contributed by atoms with Crippen molar-refractivity contribution in [1.29, 1.82) is 0 Å². The number of aromatic hydroxyl groups is 1. The van der Waals surface area contributed by atoms with Gasteiger partial charge in [-0.25, -0.2) is 0 Å². The monoisotopic (exact) mass is 237 g/mol. The average Bonchev–Trinajstić information content (AvgIpc) is 2.32. The molecule has 0 heterocycles. The van der Waals surface area contributed by atoms with Crippen LogP contribution in [0.5, 0.6) is 5.75 Å². The number of phenolic OH excluding ortho intramolecular Hbond substituents is 1. The maximum Gasteiger partial charge on any atom is 0.255 e. The molecule has 0 saturated carbocycles. The first-order chi connectivity index (χ1) is 8.16. The lowest BCUT2D eigenvalue weighted by Gasteiger charge is -2.08. The maximum atomic E-state index is 11.7. The molecule has 0 atom stereocenters. The van der Waals surface area contributed by atoms with E-state index in [1.807, 2.05) is 6.92 Å². The second kappa shape index (κ2) is 6.91. The third kappa shape index (κ3) is 4.07. The summed E-state index contributed by atoms with van der Waals surface area (Å²) >= 11 is 0. The van der Waals surface area contributed by atoms with E-state index in [2.05, 4.69) is 5.32 Å². The number of para-hydroxylation sites is 1. The van der Waals surface area contributed by atoms with E-state index in [4.69, 9.17) is 4.74 Å². The number of phenols is 1. The zero-order valence-corrected chi connectivity index (χ0v) is 10.3. The minimum Gasteiger partial charge on any atom is -0.507 e. The number of nitrogens with one attached hydrogen (secondary N) is 1. The standard InChI is InChI=1S/C13H19NO3/c1-3-17-9-5-8-14-13(16)11-7-4-6-10(2)12(11)15/h4,6-7,15H,3,5,8-9H2,1-2H3,(H,14,16). The van der Waals surface area contributed by atoms with Crippen LogP contribution < -0.4 is 5.32 Å². The summed E-state index contributed by atoms with van der Waals surface area (Å²) in [6, 6.07) is 5.13. The van der Waals surface area contributed by atoms with Gasteiger partial charge in [-0.15, -0.1) is 0 Å². The van der Waals surface area contributed by atoms with Crippen LogP contribution in [0.3, 0.4) is 0 Å². The van der Waals surface area contributed by atoms with Gasteiger partial charge < -0.3 is 15.2 Å². The van der Waals surface area contributed by atoms with Crippen LogP contribution in [0.1, 0.15) is 29.3 Å². The van der Waals surface area contributed by atoms with Crippen LogP contribution in [0, 0.1) is 6.92 Å². The molecule has 94 valence electrons. The van der Waals surface area contributed by atoms with Gasteiger partial charge in [0.15, 0.2) is 0 Å². The molecule has 1 aromatic carbocycles. The number of hydrogen-bond donors (Lipinski definition) is 2. The summed E-state index contributed by atoms with van der Waals surface area (Å²) in [5.41, 5.74) is 1.02. The Morgan fingerprint density at radius 3 is 2.94 bits per heavy atom. The predicted octanol–water partition coefficient (Wildman–Crippen LogP) is 1.86. The highest BCUT2D eigenvalue weighted by atomic mass is 16.5. The molecule has 0 aromatic heterocycles. The van der Waals surface area contributed by atoms with Crippen molar-refractivity contribution < 1.29 is 14.6 Å². The van der Waals surface area contributed by atoms with Crippen LogP contribution in [-0.4, -0.2) is 30.8 Å². The van der Waals surface area contributed by atoms with Gasteiger partial charge in [-0.2, -0.15) is 0 Å². The normalized spacial score (nSPS) is 10.2. The Labute approximate surface area is 102 Å². The Morgan fingerprint density at radius 2 is 2.24 bits per heavy atom. The molecule has 4 nitrogen and oxygen atoms in total. The van der Waals surface area contributed by atoms with Gasteiger partial charge in [0.05, 0.1) is 5.56 Å². The van der Waals surface area contributed by atoms with E-state index in [0.717, 1.165) is 6.42 Å². The van der Waals surface area contributed by atoms with Gasteiger partial charge in [0.2, 0.25) is 0 Å². The number of carbonyl (C=O) groups is 1. The lowest BCUT2D eigenvalue weighted by atomic mass is 10.1. The Balaban J connectivity index is 2.44. The molecular formula is C13H19NO3. The molecule has 0 saturated heterocycles. The number of rotatable bonds is 6. The molecule has 1 aromatic rings. The minimum absolute atomic E-state index is 0.0507. The topological polar surface area (TPSA) is 58.6 Å². The molecule has 2 N–H and O–H groups in total. The first-order valence-corrected chi connectivity index (χ1v) is 5.81. The Bertz CT molecular complexity index is 377. The quantitative estimate of drug-likeness (QED) is 0.742. The van der Waals surface area contributed by atoms with Gasteiger partial charge in [-0.3, -0.25) is 4.79 Å². The van der Waals surface area contributed by atoms with Gasteiger partial charge in [0.25, 0.3) is 5.91 Å². The predicted molar refractivity (Wildman–Crippen MR) is 66.3 cm³/mol. The third-order valence-electron chi connectivity index (χ3n) is 2.44. The molecule has 1 rings (SSSR count). The van der Waals surface area contributed by atoms with Gasteiger partial charge in [0, 0.05) is 19.8 Å². The molecule has 0 aliphatic rings. The van der Waals surface area contributed by atoms with Gasteiger partial charge in [0.1, 0.15) is 5.75 Å². The number of aryl methyl sites for hydroxylation is 1. The highest BCUT2D eigenvalue weighted by Crippen LogP contribution is 2.20. The van der Waals surface area contributed by atoms with E-state index in [1.165, 1.54) is 0 Å². The lowest BCUT2D eigenvalue weighted by molar-refractivity contribution is 0.0941. The van der Waals surface area contributed by atoms with Gasteiger partial charge >= 0.3 is 0 Å². The van der Waals surface area contributed by atoms with Crippen molar-refractivity contribution in [2.75, 3.05) is 19.8 Å². The summed E-state index contributed by atoms with van der Waals surface area (Å²) in [6.07, 6.45) is 0.770. The largest absolute Gasteiger partial charge is 0.507 e. The van der Waals surface area contributed by atoms with Crippen LogP contribution in [0.2, 0.25) is 0 Å². The van der Waals surface area contributed by atoms with Crippen LogP contribution in [0.25, 0.3) is 0 Å². The van der Waals surface area contributed by atoms with Crippen molar-refractivity contribution >= 4 is 5.91 Å². The van der Waals surface area contributed by atoms with Gasteiger partial charge in [-0.05, 0) is 31.9 Å². The molecule has 0 aliphatic carbocycles. The zero-order chi connectivity index (χ0) is 12.7. The SMILES string of the molecule is CCOCCCNC(=O)c1cccc(C)c1O. The number of hydrogen-bond acceptors (Lipinski definition) is 3. The number of benzene rings is 1. The van der Waals surface area contributed by atoms with E-state index in [-0.39, 0.29) is 11.7 Å². The van der Waals surface area contributed by atoms with Crippen molar-refractivity contribution in [3.63, 3.8) is 0 Å². The molecule has 17 heavy (non-hydrogen) atoms. The summed E-state index contributed by atoms with van der Waals surface area (Å²) in [5, 5.41) is 12.5. The summed E-state index contributed by atoms with van der Waals surface area (Å²) in [7, 11) is 0. The highest BCUT2D eigenvalue weighted by Gasteiger charge is 2.11. The third-order valence-corrected chi connectivity index (χ3v) is 2.44. The Kier molecular flexibility index (Phi) is 5.49. The van der Waals surface area contributed by atoms with E-state index in [0.29, 0.717) is 30.9 Å². The average molecular weight is 237 g/mol.